The van der Waals surface area contributed by atoms with Gasteiger partial charge in [-0.05, 0) is 24.6 Å². The van der Waals surface area contributed by atoms with Crippen LogP contribution in [0, 0.1) is 0 Å². The number of nitrogens with zero attached hydrogens (tertiary/aromatic N) is 1. The van der Waals surface area contributed by atoms with Gasteiger partial charge in [0.25, 0.3) is 0 Å². The second kappa shape index (κ2) is 5.91. The lowest BCUT2D eigenvalue weighted by Gasteiger charge is -1.99. The Morgan fingerprint density at radius 2 is 2.41 bits per heavy atom. The fourth-order valence-electron chi connectivity index (χ4n) is 1.55. The van der Waals surface area contributed by atoms with Crippen LogP contribution in [0.2, 0.25) is 0 Å². The predicted molar refractivity (Wildman–Crippen MR) is 69.4 cm³/mol. The summed E-state index contributed by atoms with van der Waals surface area (Å²) in [6.45, 7) is 1.79. The first-order valence-corrected chi connectivity index (χ1v) is 5.64. The molecule has 2 aromatic heterocycles. The molecule has 0 atom stereocenters. The van der Waals surface area contributed by atoms with E-state index in [1.165, 1.54) is 5.69 Å². The first-order chi connectivity index (χ1) is 8.34. The van der Waals surface area contributed by atoms with Gasteiger partial charge in [0.2, 0.25) is 0 Å². The number of hydrogen-bond donors (Lipinski definition) is 4. The molecule has 0 aromatic carbocycles. The van der Waals surface area contributed by atoms with Crippen molar-refractivity contribution in [3.63, 3.8) is 0 Å². The fraction of sp³-hybridized carbons (Fsp3) is 0.250. The average Bonchev–Trinajstić information content (AvgIpc) is 2.95. The summed E-state index contributed by atoms with van der Waals surface area (Å²) in [5, 5.41) is 3.33. The van der Waals surface area contributed by atoms with Crippen LogP contribution in [0.25, 0.3) is 6.08 Å². The monoisotopic (exact) mass is 231 g/mol. The van der Waals surface area contributed by atoms with Gasteiger partial charge in [0.1, 0.15) is 0 Å². The van der Waals surface area contributed by atoms with Crippen LogP contribution in [-0.2, 0) is 6.42 Å². The van der Waals surface area contributed by atoms with Crippen LogP contribution in [0.1, 0.15) is 11.4 Å². The molecular weight excluding hydrogens is 214 g/mol. The number of hydrogen-bond acceptors (Lipinski definition) is 3. The van der Waals surface area contributed by atoms with Crippen LogP contribution in [0.3, 0.4) is 0 Å². The third-order valence-corrected chi connectivity index (χ3v) is 2.41. The van der Waals surface area contributed by atoms with E-state index in [1.807, 2.05) is 24.4 Å². The number of aromatic amines is 2. The molecule has 0 unspecified atom stereocenters. The number of rotatable bonds is 6. The summed E-state index contributed by atoms with van der Waals surface area (Å²) in [5.74, 6) is 0.448. The zero-order valence-electron chi connectivity index (χ0n) is 9.61. The maximum Gasteiger partial charge on any atom is 0.197 e. The number of nitrogen functional groups attached to an aromatic ring is 1. The average molecular weight is 231 g/mol. The molecule has 2 heterocycles. The SMILES string of the molecule is Nc1ncc(C=CCNCCc2ccc[nH]2)[nH]1. The molecule has 90 valence electrons. The van der Waals surface area contributed by atoms with Gasteiger partial charge < -0.3 is 21.0 Å². The van der Waals surface area contributed by atoms with Crippen molar-refractivity contribution in [2.45, 2.75) is 6.42 Å². The molecule has 0 bridgehead atoms. The minimum Gasteiger partial charge on any atom is -0.369 e. The Kier molecular flexibility index (Phi) is 3.99. The lowest BCUT2D eigenvalue weighted by Crippen LogP contribution is -2.17. The Balaban J connectivity index is 1.61. The van der Waals surface area contributed by atoms with Crippen LogP contribution < -0.4 is 11.1 Å². The summed E-state index contributed by atoms with van der Waals surface area (Å²) in [5.41, 5.74) is 7.64. The first-order valence-electron chi connectivity index (χ1n) is 5.64. The van der Waals surface area contributed by atoms with Gasteiger partial charge in [0.05, 0.1) is 11.9 Å². The van der Waals surface area contributed by atoms with Crippen molar-refractivity contribution in [2.75, 3.05) is 18.8 Å². The highest BCUT2D eigenvalue weighted by molar-refractivity contribution is 5.45. The van der Waals surface area contributed by atoms with Gasteiger partial charge in [-0.25, -0.2) is 4.98 Å². The van der Waals surface area contributed by atoms with Crippen LogP contribution in [0.5, 0.6) is 0 Å². The molecule has 0 amide bonds. The zero-order chi connectivity index (χ0) is 11.9. The second-order valence-corrected chi connectivity index (χ2v) is 3.78. The molecule has 2 aromatic rings. The quantitative estimate of drug-likeness (QED) is 0.563. The number of anilines is 1. The Morgan fingerprint density at radius 1 is 1.47 bits per heavy atom. The number of nitrogens with two attached hydrogens (primary N) is 1. The Labute approximate surface area is 100 Å². The smallest absolute Gasteiger partial charge is 0.197 e. The second-order valence-electron chi connectivity index (χ2n) is 3.78. The molecule has 0 spiro atoms. The summed E-state index contributed by atoms with van der Waals surface area (Å²) >= 11 is 0. The largest absolute Gasteiger partial charge is 0.369 e. The molecule has 0 saturated heterocycles. The molecule has 0 aliphatic carbocycles. The summed E-state index contributed by atoms with van der Waals surface area (Å²) in [6, 6.07) is 4.10. The van der Waals surface area contributed by atoms with E-state index in [-0.39, 0.29) is 0 Å². The first kappa shape index (κ1) is 11.5. The Hall–Kier alpha value is -2.01. The van der Waals surface area contributed by atoms with E-state index >= 15 is 0 Å². The number of nitrogens with one attached hydrogen (secondary N) is 3. The summed E-state index contributed by atoms with van der Waals surface area (Å²) in [7, 11) is 0. The van der Waals surface area contributed by atoms with E-state index in [4.69, 9.17) is 5.73 Å². The summed E-state index contributed by atoms with van der Waals surface area (Å²) in [6.07, 6.45) is 8.67. The lowest BCUT2D eigenvalue weighted by atomic mass is 10.3. The van der Waals surface area contributed by atoms with Gasteiger partial charge in [-0.1, -0.05) is 6.08 Å². The van der Waals surface area contributed by atoms with Crippen molar-refractivity contribution < 1.29 is 0 Å². The molecule has 2 rings (SSSR count). The van der Waals surface area contributed by atoms with Gasteiger partial charge in [0, 0.05) is 25.0 Å². The van der Waals surface area contributed by atoms with Crippen LogP contribution in [0.15, 0.2) is 30.6 Å². The van der Waals surface area contributed by atoms with Crippen molar-refractivity contribution in [3.8, 4) is 0 Å². The molecule has 0 radical (unpaired) electrons. The molecule has 5 nitrogen and oxygen atoms in total. The third kappa shape index (κ3) is 3.81. The van der Waals surface area contributed by atoms with Crippen molar-refractivity contribution in [2.24, 2.45) is 0 Å². The minimum absolute atomic E-state index is 0.448. The van der Waals surface area contributed by atoms with E-state index in [1.54, 1.807) is 6.20 Å². The van der Waals surface area contributed by atoms with Gasteiger partial charge in [0.15, 0.2) is 5.95 Å². The maximum absolute atomic E-state index is 5.47. The van der Waals surface area contributed by atoms with Crippen molar-refractivity contribution in [1.29, 1.82) is 0 Å². The molecule has 0 aliphatic heterocycles. The number of H-pyrrole nitrogens is 2. The van der Waals surface area contributed by atoms with Gasteiger partial charge in [-0.3, -0.25) is 0 Å². The van der Waals surface area contributed by atoms with E-state index in [2.05, 4.69) is 26.3 Å². The van der Waals surface area contributed by atoms with Crippen molar-refractivity contribution >= 4 is 12.0 Å². The fourth-order valence-corrected chi connectivity index (χ4v) is 1.55. The van der Waals surface area contributed by atoms with E-state index in [0.717, 1.165) is 25.2 Å². The predicted octanol–water partition coefficient (Wildman–Crippen LogP) is 1.17. The Bertz CT molecular complexity index is 455. The minimum atomic E-state index is 0.448. The zero-order valence-corrected chi connectivity index (χ0v) is 9.61. The molecule has 5 heteroatoms. The van der Waals surface area contributed by atoms with Gasteiger partial charge in [-0.15, -0.1) is 0 Å². The topological polar surface area (TPSA) is 82.5 Å². The van der Waals surface area contributed by atoms with E-state index in [9.17, 15) is 0 Å². The van der Waals surface area contributed by atoms with Crippen LogP contribution >= 0.6 is 0 Å². The summed E-state index contributed by atoms with van der Waals surface area (Å²) in [4.78, 5) is 10.0. The number of imidazole rings is 1. The van der Waals surface area contributed by atoms with Crippen LogP contribution in [0.4, 0.5) is 5.95 Å². The molecule has 17 heavy (non-hydrogen) atoms. The van der Waals surface area contributed by atoms with E-state index in [0.29, 0.717) is 5.95 Å². The lowest BCUT2D eigenvalue weighted by molar-refractivity contribution is 0.737. The molecule has 0 aliphatic rings. The highest BCUT2D eigenvalue weighted by Crippen LogP contribution is 1.99. The van der Waals surface area contributed by atoms with Crippen molar-refractivity contribution in [1.82, 2.24) is 20.3 Å². The third-order valence-electron chi connectivity index (χ3n) is 2.41. The van der Waals surface area contributed by atoms with Gasteiger partial charge in [-0.2, -0.15) is 0 Å². The molecule has 0 saturated carbocycles. The molecule has 5 N–H and O–H groups in total. The Morgan fingerprint density at radius 3 is 3.12 bits per heavy atom. The standard InChI is InChI=1S/C12H17N5/c13-12-16-9-11(17-12)4-1-6-14-8-5-10-3-2-7-15-10/h1-4,7,9,14-15H,5-6,8H2,(H3,13,16,17). The highest BCUT2D eigenvalue weighted by Gasteiger charge is 1.92. The van der Waals surface area contributed by atoms with E-state index < -0.39 is 0 Å². The van der Waals surface area contributed by atoms with Crippen LogP contribution in [-0.4, -0.2) is 28.0 Å². The van der Waals surface area contributed by atoms with Gasteiger partial charge >= 0.3 is 0 Å². The highest BCUT2D eigenvalue weighted by atomic mass is 15.0. The number of aromatic nitrogens is 3. The molecular formula is C12H17N5. The van der Waals surface area contributed by atoms with Crippen molar-refractivity contribution in [3.05, 3.63) is 42.0 Å². The summed E-state index contributed by atoms with van der Waals surface area (Å²) < 4.78 is 0. The normalized spacial score (nSPS) is 11.3. The maximum atomic E-state index is 5.47. The molecule has 0 fully saturated rings.